The minimum absolute atomic E-state index is 0.0112. The van der Waals surface area contributed by atoms with Crippen LogP contribution in [0, 0.1) is 0 Å². The van der Waals surface area contributed by atoms with E-state index in [-0.39, 0.29) is 18.0 Å². The molecule has 1 fully saturated rings. The molecule has 2 heterocycles. The number of amides is 1. The Hall–Kier alpha value is -1.36. The molecule has 2 unspecified atom stereocenters. The lowest BCUT2D eigenvalue weighted by Crippen LogP contribution is -2.40. The van der Waals surface area contributed by atoms with Crippen LogP contribution in [0.3, 0.4) is 0 Å². The van der Waals surface area contributed by atoms with Gasteiger partial charge >= 0.3 is 0 Å². The Kier molecular flexibility index (Phi) is 2.25. The molecular formula is C9H14N4O. The van der Waals surface area contributed by atoms with Crippen LogP contribution in [0.5, 0.6) is 0 Å². The minimum Gasteiger partial charge on any atom is -0.333 e. The number of aromatic nitrogens is 2. The third-order valence-electron chi connectivity index (χ3n) is 2.81. The Labute approximate surface area is 82.3 Å². The summed E-state index contributed by atoms with van der Waals surface area (Å²) in [6.07, 6.45) is 2.45. The molecule has 5 heteroatoms. The first-order valence-electron chi connectivity index (χ1n) is 4.76. The number of likely N-dealkylation sites (tertiary alicyclic amines) is 1. The molecule has 1 saturated heterocycles. The van der Waals surface area contributed by atoms with Crippen molar-refractivity contribution in [2.75, 3.05) is 6.54 Å². The van der Waals surface area contributed by atoms with Crippen LogP contribution in [-0.2, 0) is 0 Å². The van der Waals surface area contributed by atoms with Gasteiger partial charge in [0.2, 0.25) is 0 Å². The van der Waals surface area contributed by atoms with Gasteiger partial charge in [-0.15, -0.1) is 0 Å². The molecular weight excluding hydrogens is 180 g/mol. The predicted octanol–water partition coefficient (Wildman–Crippen LogP) is -0.0286. The van der Waals surface area contributed by atoms with Gasteiger partial charge in [0.05, 0.1) is 0 Å². The van der Waals surface area contributed by atoms with Gasteiger partial charge in [0.25, 0.3) is 5.91 Å². The van der Waals surface area contributed by atoms with E-state index in [0.717, 1.165) is 13.0 Å². The molecule has 0 aromatic carbocycles. The predicted molar refractivity (Wildman–Crippen MR) is 51.7 cm³/mol. The molecule has 5 nitrogen and oxygen atoms in total. The lowest BCUT2D eigenvalue weighted by atomic mass is 10.2. The third kappa shape index (κ3) is 1.39. The van der Waals surface area contributed by atoms with Gasteiger partial charge in [-0.25, -0.2) is 0 Å². The van der Waals surface area contributed by atoms with Gasteiger partial charge in [0, 0.05) is 24.8 Å². The second kappa shape index (κ2) is 3.42. The van der Waals surface area contributed by atoms with Crippen LogP contribution in [0.25, 0.3) is 0 Å². The number of hydrogen-bond donors (Lipinski definition) is 2. The summed E-state index contributed by atoms with van der Waals surface area (Å²) >= 11 is 0. The summed E-state index contributed by atoms with van der Waals surface area (Å²) in [6.45, 7) is 2.71. The Morgan fingerprint density at radius 1 is 1.79 bits per heavy atom. The van der Waals surface area contributed by atoms with Crippen molar-refractivity contribution in [2.45, 2.75) is 25.4 Å². The fraction of sp³-hybridized carbons (Fsp3) is 0.556. The topological polar surface area (TPSA) is 75.0 Å². The van der Waals surface area contributed by atoms with Crippen LogP contribution >= 0.6 is 0 Å². The van der Waals surface area contributed by atoms with Crippen molar-refractivity contribution in [3.05, 3.63) is 18.0 Å². The van der Waals surface area contributed by atoms with Crippen molar-refractivity contribution >= 4 is 5.91 Å². The summed E-state index contributed by atoms with van der Waals surface area (Å²) in [6, 6.07) is 1.89. The Balaban J connectivity index is 2.13. The molecule has 1 aliphatic heterocycles. The van der Waals surface area contributed by atoms with E-state index in [1.165, 1.54) is 0 Å². The first kappa shape index (κ1) is 9.21. The van der Waals surface area contributed by atoms with E-state index in [1.807, 2.05) is 6.92 Å². The molecule has 1 amide bonds. The number of H-pyrrole nitrogens is 1. The van der Waals surface area contributed by atoms with Gasteiger partial charge in [-0.05, 0) is 19.4 Å². The van der Waals surface area contributed by atoms with Gasteiger partial charge in [-0.1, -0.05) is 0 Å². The molecule has 0 saturated carbocycles. The molecule has 2 atom stereocenters. The smallest absolute Gasteiger partial charge is 0.272 e. The summed E-state index contributed by atoms with van der Waals surface area (Å²) in [7, 11) is 0. The number of nitrogens with zero attached hydrogens (tertiary/aromatic N) is 2. The second-order valence-electron chi connectivity index (χ2n) is 3.66. The number of nitrogens with one attached hydrogen (secondary N) is 1. The summed E-state index contributed by atoms with van der Waals surface area (Å²) < 4.78 is 0. The first-order valence-corrected chi connectivity index (χ1v) is 4.76. The van der Waals surface area contributed by atoms with Crippen LogP contribution in [0.15, 0.2) is 12.3 Å². The standard InChI is InChI=1S/C9H14N4O/c1-6-7(10)3-5-13(6)9(14)8-2-4-11-12-8/h2,4,6-7H,3,5,10H2,1H3,(H,11,12). The molecule has 0 bridgehead atoms. The number of carbonyl (C=O) groups is 1. The van der Waals surface area contributed by atoms with Crippen molar-refractivity contribution in [1.29, 1.82) is 0 Å². The maximum absolute atomic E-state index is 11.9. The zero-order chi connectivity index (χ0) is 10.1. The fourth-order valence-corrected chi connectivity index (χ4v) is 1.78. The summed E-state index contributed by atoms with van der Waals surface area (Å²) in [5.41, 5.74) is 6.37. The average Bonchev–Trinajstić information content (AvgIpc) is 2.77. The lowest BCUT2D eigenvalue weighted by Gasteiger charge is -2.22. The number of rotatable bonds is 1. The number of nitrogens with two attached hydrogens (primary N) is 1. The summed E-state index contributed by atoms with van der Waals surface area (Å²) in [4.78, 5) is 13.7. The fourth-order valence-electron chi connectivity index (χ4n) is 1.78. The van der Waals surface area contributed by atoms with Gasteiger partial charge in [0.1, 0.15) is 5.69 Å². The molecule has 3 N–H and O–H groups in total. The van der Waals surface area contributed by atoms with Crippen molar-refractivity contribution in [3.8, 4) is 0 Å². The molecule has 14 heavy (non-hydrogen) atoms. The highest BCUT2D eigenvalue weighted by molar-refractivity contribution is 5.92. The van der Waals surface area contributed by atoms with Crippen LogP contribution in [-0.4, -0.2) is 39.6 Å². The highest BCUT2D eigenvalue weighted by Gasteiger charge is 2.32. The number of hydrogen-bond acceptors (Lipinski definition) is 3. The van der Waals surface area contributed by atoms with E-state index in [4.69, 9.17) is 5.73 Å². The van der Waals surface area contributed by atoms with E-state index in [1.54, 1.807) is 17.2 Å². The largest absolute Gasteiger partial charge is 0.333 e. The van der Waals surface area contributed by atoms with Crippen LogP contribution in [0.2, 0.25) is 0 Å². The maximum atomic E-state index is 11.9. The van der Waals surface area contributed by atoms with Gasteiger partial charge in [-0.2, -0.15) is 5.10 Å². The van der Waals surface area contributed by atoms with Crippen molar-refractivity contribution in [3.63, 3.8) is 0 Å². The van der Waals surface area contributed by atoms with Crippen molar-refractivity contribution < 1.29 is 4.79 Å². The van der Waals surface area contributed by atoms with Crippen molar-refractivity contribution in [1.82, 2.24) is 15.1 Å². The molecule has 1 aromatic heterocycles. The maximum Gasteiger partial charge on any atom is 0.272 e. The lowest BCUT2D eigenvalue weighted by molar-refractivity contribution is 0.0736. The highest BCUT2D eigenvalue weighted by atomic mass is 16.2. The Morgan fingerprint density at radius 2 is 2.57 bits per heavy atom. The van der Waals surface area contributed by atoms with Gasteiger partial charge in [-0.3, -0.25) is 9.89 Å². The van der Waals surface area contributed by atoms with E-state index < -0.39 is 0 Å². The van der Waals surface area contributed by atoms with Crippen LogP contribution in [0.1, 0.15) is 23.8 Å². The normalized spacial score (nSPS) is 26.9. The zero-order valence-electron chi connectivity index (χ0n) is 8.10. The number of aromatic amines is 1. The molecule has 2 rings (SSSR count). The van der Waals surface area contributed by atoms with Gasteiger partial charge in [0.15, 0.2) is 0 Å². The zero-order valence-corrected chi connectivity index (χ0v) is 8.10. The van der Waals surface area contributed by atoms with Crippen LogP contribution in [0.4, 0.5) is 0 Å². The summed E-state index contributed by atoms with van der Waals surface area (Å²) in [5.74, 6) is -0.0112. The molecule has 1 aliphatic rings. The molecule has 0 spiro atoms. The second-order valence-corrected chi connectivity index (χ2v) is 3.66. The Morgan fingerprint density at radius 3 is 3.07 bits per heavy atom. The molecule has 1 aromatic rings. The van der Waals surface area contributed by atoms with Gasteiger partial charge < -0.3 is 10.6 Å². The van der Waals surface area contributed by atoms with Crippen molar-refractivity contribution in [2.24, 2.45) is 5.73 Å². The third-order valence-corrected chi connectivity index (χ3v) is 2.81. The molecule has 0 aliphatic carbocycles. The monoisotopic (exact) mass is 194 g/mol. The SMILES string of the molecule is CC1C(N)CCN1C(=O)c1ccn[nH]1. The molecule has 0 radical (unpaired) electrons. The highest BCUT2D eigenvalue weighted by Crippen LogP contribution is 2.17. The average molecular weight is 194 g/mol. The van der Waals surface area contributed by atoms with E-state index in [2.05, 4.69) is 10.2 Å². The summed E-state index contributed by atoms with van der Waals surface area (Å²) in [5, 5.41) is 6.42. The van der Waals surface area contributed by atoms with Crippen LogP contribution < -0.4 is 5.73 Å². The first-order chi connectivity index (χ1) is 6.70. The Bertz CT molecular complexity index is 322. The van der Waals surface area contributed by atoms with E-state index in [9.17, 15) is 4.79 Å². The minimum atomic E-state index is -0.0112. The van der Waals surface area contributed by atoms with E-state index >= 15 is 0 Å². The van der Waals surface area contributed by atoms with E-state index in [0.29, 0.717) is 5.69 Å². The quantitative estimate of drug-likeness (QED) is 0.659. The molecule has 76 valence electrons. The number of carbonyl (C=O) groups excluding carboxylic acids is 1.